The maximum atomic E-state index is 5.67. The first-order valence-electron chi connectivity index (χ1n) is 7.61. The molecule has 0 radical (unpaired) electrons. The van der Waals surface area contributed by atoms with Crippen LogP contribution < -0.4 is 14.2 Å². The molecule has 24 heavy (non-hydrogen) atoms. The maximum absolute atomic E-state index is 5.67. The number of methoxy groups -OCH3 is 1. The zero-order valence-electron chi connectivity index (χ0n) is 13.6. The molecular formula is C18H18N2O4. The molecule has 0 aliphatic rings. The lowest BCUT2D eigenvalue weighted by Gasteiger charge is -2.06. The molecule has 1 aromatic heterocycles. The summed E-state index contributed by atoms with van der Waals surface area (Å²) in [5.41, 5.74) is 0.798. The molecule has 0 bridgehead atoms. The van der Waals surface area contributed by atoms with Gasteiger partial charge in [0.05, 0.1) is 13.7 Å². The molecule has 3 rings (SSSR count). The second-order valence-electron chi connectivity index (χ2n) is 4.93. The van der Waals surface area contributed by atoms with Crippen molar-refractivity contribution in [1.29, 1.82) is 0 Å². The molecule has 0 unspecified atom stereocenters. The third kappa shape index (κ3) is 3.84. The predicted octanol–water partition coefficient (Wildman–Crippen LogP) is 3.72. The van der Waals surface area contributed by atoms with Gasteiger partial charge in [0, 0.05) is 11.6 Å². The number of rotatable bonds is 7. The van der Waals surface area contributed by atoms with Gasteiger partial charge in [-0.05, 0) is 37.3 Å². The maximum Gasteiger partial charge on any atom is 0.254 e. The molecule has 1 heterocycles. The Morgan fingerprint density at radius 3 is 2.46 bits per heavy atom. The molecule has 0 fully saturated rings. The van der Waals surface area contributed by atoms with Gasteiger partial charge in [0.1, 0.15) is 17.2 Å². The van der Waals surface area contributed by atoms with Crippen LogP contribution >= 0.6 is 0 Å². The molecular weight excluding hydrogens is 308 g/mol. The van der Waals surface area contributed by atoms with Gasteiger partial charge in [0.15, 0.2) is 6.61 Å². The van der Waals surface area contributed by atoms with Crippen molar-refractivity contribution in [2.45, 2.75) is 13.5 Å². The van der Waals surface area contributed by atoms with E-state index in [9.17, 15) is 0 Å². The van der Waals surface area contributed by atoms with Crippen molar-refractivity contribution < 1.29 is 18.6 Å². The Balaban J connectivity index is 1.67. The summed E-state index contributed by atoms with van der Waals surface area (Å²) in [6.07, 6.45) is 0. The lowest BCUT2D eigenvalue weighted by molar-refractivity contribution is 0.262. The average molecular weight is 326 g/mol. The lowest BCUT2D eigenvalue weighted by atomic mass is 10.2. The quantitative estimate of drug-likeness (QED) is 0.659. The van der Waals surface area contributed by atoms with Crippen molar-refractivity contribution in [2.24, 2.45) is 0 Å². The van der Waals surface area contributed by atoms with Crippen LogP contribution in [0.1, 0.15) is 12.8 Å². The van der Waals surface area contributed by atoms with Crippen LogP contribution in [0.15, 0.2) is 52.9 Å². The fourth-order valence-electron chi connectivity index (χ4n) is 2.15. The van der Waals surface area contributed by atoms with Gasteiger partial charge >= 0.3 is 0 Å². The van der Waals surface area contributed by atoms with Crippen molar-refractivity contribution in [1.82, 2.24) is 10.2 Å². The zero-order valence-corrected chi connectivity index (χ0v) is 13.6. The van der Waals surface area contributed by atoms with Gasteiger partial charge in [0.25, 0.3) is 5.89 Å². The van der Waals surface area contributed by atoms with Crippen LogP contribution in [0.25, 0.3) is 11.5 Å². The smallest absolute Gasteiger partial charge is 0.254 e. The molecule has 0 aliphatic heterocycles. The number of ether oxygens (including phenoxy) is 3. The topological polar surface area (TPSA) is 66.6 Å². The fourth-order valence-corrected chi connectivity index (χ4v) is 2.15. The van der Waals surface area contributed by atoms with Crippen molar-refractivity contribution in [3.63, 3.8) is 0 Å². The van der Waals surface area contributed by atoms with Crippen LogP contribution in [0.2, 0.25) is 0 Å². The molecule has 6 nitrogen and oxygen atoms in total. The van der Waals surface area contributed by atoms with Gasteiger partial charge in [0.2, 0.25) is 5.89 Å². The highest BCUT2D eigenvalue weighted by Crippen LogP contribution is 2.24. The lowest BCUT2D eigenvalue weighted by Crippen LogP contribution is -1.97. The summed E-state index contributed by atoms with van der Waals surface area (Å²) in [5, 5.41) is 8.05. The van der Waals surface area contributed by atoms with Crippen molar-refractivity contribution in [2.75, 3.05) is 13.7 Å². The molecule has 0 saturated carbocycles. The summed E-state index contributed by atoms with van der Waals surface area (Å²) < 4.78 is 21.9. The molecule has 0 aliphatic carbocycles. The van der Waals surface area contributed by atoms with Crippen LogP contribution in [-0.2, 0) is 6.61 Å². The Morgan fingerprint density at radius 1 is 0.917 bits per heavy atom. The van der Waals surface area contributed by atoms with Crippen LogP contribution in [0.3, 0.4) is 0 Å². The van der Waals surface area contributed by atoms with E-state index in [1.807, 2.05) is 55.5 Å². The van der Waals surface area contributed by atoms with Crippen molar-refractivity contribution in [3.05, 3.63) is 54.4 Å². The summed E-state index contributed by atoms with van der Waals surface area (Å²) in [4.78, 5) is 0. The highest BCUT2D eigenvalue weighted by Gasteiger charge is 2.10. The van der Waals surface area contributed by atoms with Gasteiger partial charge in [-0.25, -0.2) is 0 Å². The van der Waals surface area contributed by atoms with E-state index < -0.39 is 0 Å². The third-order valence-corrected chi connectivity index (χ3v) is 3.26. The van der Waals surface area contributed by atoms with E-state index in [0.717, 1.165) is 17.1 Å². The van der Waals surface area contributed by atoms with Crippen LogP contribution in [0.4, 0.5) is 0 Å². The summed E-state index contributed by atoms with van der Waals surface area (Å²) in [5.74, 6) is 3.00. The van der Waals surface area contributed by atoms with E-state index in [0.29, 0.717) is 24.1 Å². The normalized spacial score (nSPS) is 10.4. The molecule has 0 atom stereocenters. The Kier molecular flexibility index (Phi) is 4.96. The van der Waals surface area contributed by atoms with E-state index in [2.05, 4.69) is 10.2 Å². The molecule has 0 amide bonds. The van der Waals surface area contributed by atoms with Gasteiger partial charge < -0.3 is 18.6 Å². The second kappa shape index (κ2) is 7.50. The van der Waals surface area contributed by atoms with Crippen molar-refractivity contribution in [3.8, 4) is 28.7 Å². The molecule has 3 aromatic rings. The predicted molar refractivity (Wildman–Crippen MR) is 88.2 cm³/mol. The zero-order chi connectivity index (χ0) is 16.8. The summed E-state index contributed by atoms with van der Waals surface area (Å²) in [7, 11) is 1.61. The van der Waals surface area contributed by atoms with Crippen LogP contribution in [0, 0.1) is 0 Å². The highest BCUT2D eigenvalue weighted by molar-refractivity contribution is 5.55. The number of aromatic nitrogens is 2. The number of hydrogen-bond donors (Lipinski definition) is 0. The van der Waals surface area contributed by atoms with Crippen molar-refractivity contribution >= 4 is 0 Å². The molecule has 6 heteroatoms. The van der Waals surface area contributed by atoms with Gasteiger partial charge in [-0.15, -0.1) is 10.2 Å². The number of hydrogen-bond acceptors (Lipinski definition) is 6. The Hall–Kier alpha value is -3.02. The molecule has 0 N–H and O–H groups in total. The Morgan fingerprint density at radius 2 is 1.67 bits per heavy atom. The fraction of sp³-hybridized carbons (Fsp3) is 0.222. The summed E-state index contributed by atoms with van der Waals surface area (Å²) >= 11 is 0. The van der Waals surface area contributed by atoms with E-state index >= 15 is 0 Å². The van der Waals surface area contributed by atoms with Gasteiger partial charge in [-0.2, -0.15) is 0 Å². The van der Waals surface area contributed by atoms with E-state index in [-0.39, 0.29) is 6.61 Å². The van der Waals surface area contributed by atoms with E-state index in [1.165, 1.54) is 0 Å². The van der Waals surface area contributed by atoms with E-state index in [1.54, 1.807) is 7.11 Å². The van der Waals surface area contributed by atoms with Gasteiger partial charge in [-0.1, -0.05) is 12.1 Å². The first-order valence-corrected chi connectivity index (χ1v) is 7.61. The van der Waals surface area contributed by atoms with E-state index in [4.69, 9.17) is 18.6 Å². The number of nitrogens with zero attached hydrogens (tertiary/aromatic N) is 2. The first-order chi connectivity index (χ1) is 11.8. The molecule has 0 spiro atoms. The minimum atomic E-state index is 0.187. The van der Waals surface area contributed by atoms with Crippen LogP contribution in [0.5, 0.6) is 17.2 Å². The summed E-state index contributed by atoms with van der Waals surface area (Å²) in [6, 6.07) is 14.9. The first kappa shape index (κ1) is 15.9. The molecule has 0 saturated heterocycles. The Labute approximate surface area is 140 Å². The minimum Gasteiger partial charge on any atom is -0.497 e. The molecule has 124 valence electrons. The molecule has 2 aromatic carbocycles. The third-order valence-electron chi connectivity index (χ3n) is 3.26. The minimum absolute atomic E-state index is 0.187. The number of benzene rings is 2. The van der Waals surface area contributed by atoms with Gasteiger partial charge in [-0.3, -0.25) is 0 Å². The Bertz CT molecular complexity index is 801. The monoisotopic (exact) mass is 326 g/mol. The second-order valence-corrected chi connectivity index (χ2v) is 4.93. The van der Waals surface area contributed by atoms with Crippen LogP contribution in [-0.4, -0.2) is 23.9 Å². The SMILES string of the molecule is CCOc1cccc(OCc2nnc(-c3cccc(OC)c3)o2)c1. The largest absolute Gasteiger partial charge is 0.497 e. The standard InChI is InChI=1S/C18H18N2O4/c1-3-22-15-8-5-9-16(11-15)23-12-17-19-20-18(24-17)13-6-4-7-14(10-13)21-2/h4-11H,3,12H2,1-2H3. The highest BCUT2D eigenvalue weighted by atomic mass is 16.5. The summed E-state index contributed by atoms with van der Waals surface area (Å²) in [6.45, 7) is 2.73. The average Bonchev–Trinajstić information content (AvgIpc) is 3.10.